The number of aryl methyl sites for hydroxylation is 6. The summed E-state index contributed by atoms with van der Waals surface area (Å²) < 4.78 is 0. The van der Waals surface area contributed by atoms with E-state index in [9.17, 15) is 0 Å². The molecule has 0 saturated carbocycles. The van der Waals surface area contributed by atoms with E-state index in [0.717, 1.165) is 45.3 Å². The van der Waals surface area contributed by atoms with Crippen LogP contribution in [0.15, 0.2) is 0 Å². The molecule has 26 heavy (non-hydrogen) atoms. The van der Waals surface area contributed by atoms with Gasteiger partial charge in [-0.25, -0.2) is 29.9 Å². The third-order valence-corrected chi connectivity index (χ3v) is 4.93. The van der Waals surface area contributed by atoms with Gasteiger partial charge in [-0.2, -0.15) is 0 Å². The van der Waals surface area contributed by atoms with Crippen LogP contribution in [-0.2, 0) is 0 Å². The lowest BCUT2D eigenvalue weighted by atomic mass is 10.1. The van der Waals surface area contributed by atoms with E-state index in [1.165, 1.54) is 0 Å². The standard InChI is InChI=1S/C20H24N6/c1-9-11(3)23-19(24-12(9)4)17-15(7)22-18(16(8)21-17)20-25-13(5)10(2)14(6)26-20/h1-8H3. The summed E-state index contributed by atoms with van der Waals surface area (Å²) in [7, 11) is 0. The van der Waals surface area contributed by atoms with Gasteiger partial charge in [0.1, 0.15) is 11.4 Å². The monoisotopic (exact) mass is 348 g/mol. The molecule has 3 rings (SSSR count). The van der Waals surface area contributed by atoms with Crippen LogP contribution in [0.4, 0.5) is 0 Å². The van der Waals surface area contributed by atoms with Crippen LogP contribution in [0.2, 0.25) is 0 Å². The fourth-order valence-electron chi connectivity index (χ4n) is 2.78. The lowest BCUT2D eigenvalue weighted by Gasteiger charge is -2.12. The molecule has 0 radical (unpaired) electrons. The molecular formula is C20H24N6. The van der Waals surface area contributed by atoms with E-state index in [4.69, 9.17) is 9.97 Å². The molecule has 0 aliphatic carbocycles. The van der Waals surface area contributed by atoms with Gasteiger partial charge in [-0.1, -0.05) is 0 Å². The predicted molar refractivity (Wildman–Crippen MR) is 102 cm³/mol. The number of hydrogen-bond donors (Lipinski definition) is 0. The number of aromatic nitrogens is 6. The Kier molecular flexibility index (Phi) is 4.52. The Morgan fingerprint density at radius 2 is 0.615 bits per heavy atom. The Morgan fingerprint density at radius 1 is 0.346 bits per heavy atom. The summed E-state index contributed by atoms with van der Waals surface area (Å²) >= 11 is 0. The highest BCUT2D eigenvalue weighted by Gasteiger charge is 2.17. The first-order valence-electron chi connectivity index (χ1n) is 8.68. The molecular weight excluding hydrogens is 324 g/mol. The second-order valence-electron chi connectivity index (χ2n) is 6.78. The van der Waals surface area contributed by atoms with Gasteiger partial charge in [-0.05, 0) is 66.5 Å². The maximum atomic E-state index is 4.75. The number of hydrogen-bond acceptors (Lipinski definition) is 6. The summed E-state index contributed by atoms with van der Waals surface area (Å²) in [6.45, 7) is 15.9. The Hall–Kier alpha value is -2.76. The zero-order valence-corrected chi connectivity index (χ0v) is 16.7. The van der Waals surface area contributed by atoms with Crippen LogP contribution in [0.3, 0.4) is 0 Å². The fraction of sp³-hybridized carbons (Fsp3) is 0.400. The van der Waals surface area contributed by atoms with Crippen LogP contribution in [-0.4, -0.2) is 29.9 Å². The maximum absolute atomic E-state index is 4.75. The summed E-state index contributed by atoms with van der Waals surface area (Å²) in [4.78, 5) is 27.9. The normalized spacial score (nSPS) is 11.1. The van der Waals surface area contributed by atoms with Gasteiger partial charge in [0.05, 0.1) is 11.4 Å². The summed E-state index contributed by atoms with van der Waals surface area (Å²) in [5.41, 5.74) is 9.01. The molecule has 0 bridgehead atoms. The van der Waals surface area contributed by atoms with Crippen molar-refractivity contribution in [3.63, 3.8) is 0 Å². The first-order valence-corrected chi connectivity index (χ1v) is 8.68. The van der Waals surface area contributed by atoms with E-state index in [2.05, 4.69) is 19.9 Å². The molecule has 0 fully saturated rings. The van der Waals surface area contributed by atoms with Gasteiger partial charge in [-0.3, -0.25) is 0 Å². The molecule has 3 heterocycles. The fourth-order valence-corrected chi connectivity index (χ4v) is 2.78. The van der Waals surface area contributed by atoms with Crippen molar-refractivity contribution in [1.82, 2.24) is 29.9 Å². The minimum Gasteiger partial charge on any atom is -0.245 e. The summed E-state index contributed by atoms with van der Waals surface area (Å²) in [6, 6.07) is 0. The molecule has 0 aliphatic heterocycles. The molecule has 0 saturated heterocycles. The van der Waals surface area contributed by atoms with Crippen LogP contribution in [0.25, 0.3) is 23.0 Å². The van der Waals surface area contributed by atoms with Crippen molar-refractivity contribution < 1.29 is 0 Å². The zero-order chi connectivity index (χ0) is 19.2. The topological polar surface area (TPSA) is 77.3 Å². The van der Waals surface area contributed by atoms with E-state index >= 15 is 0 Å². The van der Waals surface area contributed by atoms with E-state index in [0.29, 0.717) is 23.0 Å². The van der Waals surface area contributed by atoms with E-state index in [1.54, 1.807) is 0 Å². The Balaban J connectivity index is 2.16. The quantitative estimate of drug-likeness (QED) is 0.700. The molecule has 0 aromatic carbocycles. The molecule has 0 atom stereocenters. The Bertz CT molecular complexity index is 894. The molecule has 6 nitrogen and oxygen atoms in total. The first kappa shape index (κ1) is 18.0. The van der Waals surface area contributed by atoms with Crippen molar-refractivity contribution in [1.29, 1.82) is 0 Å². The average Bonchev–Trinajstić information content (AvgIpc) is 2.58. The molecule has 0 aliphatic rings. The first-order chi connectivity index (χ1) is 12.2. The van der Waals surface area contributed by atoms with Crippen LogP contribution >= 0.6 is 0 Å². The third-order valence-electron chi connectivity index (χ3n) is 4.93. The van der Waals surface area contributed by atoms with Gasteiger partial charge in [0.2, 0.25) is 0 Å². The van der Waals surface area contributed by atoms with Gasteiger partial charge in [-0.15, -0.1) is 0 Å². The molecule has 0 spiro atoms. The van der Waals surface area contributed by atoms with Crippen molar-refractivity contribution in [3.8, 4) is 23.0 Å². The Morgan fingerprint density at radius 3 is 0.885 bits per heavy atom. The molecule has 134 valence electrons. The smallest absolute Gasteiger partial charge is 0.180 e. The molecule has 3 aromatic heterocycles. The largest absolute Gasteiger partial charge is 0.245 e. The summed E-state index contributed by atoms with van der Waals surface area (Å²) in [5.74, 6) is 1.23. The third kappa shape index (κ3) is 3.07. The molecule has 3 aromatic rings. The summed E-state index contributed by atoms with van der Waals surface area (Å²) in [6.07, 6.45) is 0. The summed E-state index contributed by atoms with van der Waals surface area (Å²) in [5, 5.41) is 0. The average molecular weight is 348 g/mol. The molecule has 0 N–H and O–H groups in total. The highest BCUT2D eigenvalue weighted by Crippen LogP contribution is 2.25. The van der Waals surface area contributed by atoms with E-state index in [1.807, 2.05) is 55.4 Å². The van der Waals surface area contributed by atoms with Crippen molar-refractivity contribution >= 4 is 0 Å². The second kappa shape index (κ2) is 6.52. The number of nitrogens with zero attached hydrogens (tertiary/aromatic N) is 6. The van der Waals surface area contributed by atoms with Crippen LogP contribution in [0.1, 0.15) is 45.3 Å². The van der Waals surface area contributed by atoms with Gasteiger partial charge >= 0.3 is 0 Å². The minimum absolute atomic E-state index is 0.613. The van der Waals surface area contributed by atoms with Crippen molar-refractivity contribution in [2.75, 3.05) is 0 Å². The van der Waals surface area contributed by atoms with Gasteiger partial charge in [0.15, 0.2) is 11.6 Å². The SMILES string of the molecule is Cc1nc(-c2nc(C)c(C)c(C)n2)c(C)nc1-c1nc(C)c(C)c(C)n1. The van der Waals surface area contributed by atoms with Crippen molar-refractivity contribution in [2.45, 2.75) is 55.4 Å². The van der Waals surface area contributed by atoms with Gasteiger partial charge in [0.25, 0.3) is 0 Å². The molecule has 6 heteroatoms. The van der Waals surface area contributed by atoms with Gasteiger partial charge < -0.3 is 0 Å². The zero-order valence-electron chi connectivity index (χ0n) is 16.7. The van der Waals surface area contributed by atoms with Crippen LogP contribution in [0, 0.1) is 55.4 Å². The Labute approximate surface area is 154 Å². The van der Waals surface area contributed by atoms with Crippen LogP contribution in [0.5, 0.6) is 0 Å². The van der Waals surface area contributed by atoms with E-state index < -0.39 is 0 Å². The molecule has 0 unspecified atom stereocenters. The van der Waals surface area contributed by atoms with Crippen molar-refractivity contribution in [3.05, 3.63) is 45.3 Å². The maximum Gasteiger partial charge on any atom is 0.180 e. The lowest BCUT2D eigenvalue weighted by molar-refractivity contribution is 0.963. The lowest BCUT2D eigenvalue weighted by Crippen LogP contribution is -2.07. The second-order valence-corrected chi connectivity index (χ2v) is 6.78. The highest BCUT2D eigenvalue weighted by molar-refractivity contribution is 5.60. The minimum atomic E-state index is 0.613. The number of rotatable bonds is 2. The predicted octanol–water partition coefficient (Wildman–Crippen LogP) is 3.86. The van der Waals surface area contributed by atoms with Crippen LogP contribution < -0.4 is 0 Å². The molecule has 0 amide bonds. The van der Waals surface area contributed by atoms with Crippen molar-refractivity contribution in [2.24, 2.45) is 0 Å². The van der Waals surface area contributed by atoms with Gasteiger partial charge in [0, 0.05) is 22.8 Å². The highest BCUT2D eigenvalue weighted by atomic mass is 15.0. The van der Waals surface area contributed by atoms with E-state index in [-0.39, 0.29) is 0 Å².